The number of rotatable bonds is 11. The second-order valence-corrected chi connectivity index (χ2v) is 7.61. The zero-order valence-electron chi connectivity index (χ0n) is 19.1. The summed E-state index contributed by atoms with van der Waals surface area (Å²) in [6.07, 6.45) is 1.05. The van der Waals surface area contributed by atoms with E-state index in [1.165, 1.54) is 11.1 Å². The third-order valence-corrected chi connectivity index (χ3v) is 5.22. The summed E-state index contributed by atoms with van der Waals surface area (Å²) in [5, 5.41) is 6.37. The normalized spacial score (nSPS) is 11.6. The molecule has 1 unspecified atom stereocenters. The quantitative estimate of drug-likeness (QED) is 0.419. The summed E-state index contributed by atoms with van der Waals surface area (Å²) in [7, 11) is 0. The van der Waals surface area contributed by atoms with Crippen molar-refractivity contribution in [3.63, 3.8) is 0 Å². The highest BCUT2D eigenvalue weighted by Gasteiger charge is 2.11. The third kappa shape index (κ3) is 6.86. The standard InChI is InChI=1S/C27H32N2O3/c1-4-21-11-14-23(15-12-21)20(3)28-18-22-13-16-25(26(17-22)31-5-2)32-19-27(30)29-24-9-7-6-8-10-24/h6-17,20,28H,4-5,18-19H2,1-3H3,(H,29,30). The number of hydrogen-bond donors (Lipinski definition) is 2. The Morgan fingerprint density at radius 3 is 2.28 bits per heavy atom. The highest BCUT2D eigenvalue weighted by Crippen LogP contribution is 2.29. The van der Waals surface area contributed by atoms with Crippen molar-refractivity contribution in [2.75, 3.05) is 18.5 Å². The first-order valence-electron chi connectivity index (χ1n) is 11.1. The maximum absolute atomic E-state index is 12.2. The first kappa shape index (κ1) is 23.4. The van der Waals surface area contributed by atoms with E-state index >= 15 is 0 Å². The van der Waals surface area contributed by atoms with Crippen molar-refractivity contribution in [1.29, 1.82) is 0 Å². The van der Waals surface area contributed by atoms with Crippen LogP contribution in [0.25, 0.3) is 0 Å². The summed E-state index contributed by atoms with van der Waals surface area (Å²) in [4.78, 5) is 12.2. The molecule has 3 aromatic rings. The summed E-state index contributed by atoms with van der Waals surface area (Å²) in [5.74, 6) is 0.980. The number of ether oxygens (including phenoxy) is 2. The van der Waals surface area contributed by atoms with Gasteiger partial charge in [0.2, 0.25) is 0 Å². The Bertz CT molecular complexity index is 988. The van der Waals surface area contributed by atoms with E-state index in [0.717, 1.165) is 17.7 Å². The van der Waals surface area contributed by atoms with E-state index in [-0.39, 0.29) is 18.6 Å². The van der Waals surface area contributed by atoms with Crippen molar-refractivity contribution in [1.82, 2.24) is 5.32 Å². The predicted octanol–water partition coefficient (Wildman–Crippen LogP) is 5.52. The first-order valence-corrected chi connectivity index (χ1v) is 11.1. The number of nitrogens with one attached hydrogen (secondary N) is 2. The number of carbonyl (C=O) groups excluding carboxylic acids is 1. The molecular weight excluding hydrogens is 400 g/mol. The maximum atomic E-state index is 12.2. The molecule has 1 atom stereocenters. The fraction of sp³-hybridized carbons (Fsp3) is 0.296. The molecule has 3 aromatic carbocycles. The van der Waals surface area contributed by atoms with Gasteiger partial charge in [-0.2, -0.15) is 0 Å². The molecule has 3 rings (SSSR count). The molecule has 0 spiro atoms. The van der Waals surface area contributed by atoms with Crippen LogP contribution in [0.2, 0.25) is 0 Å². The Kier molecular flexibility index (Phi) is 8.70. The summed E-state index contributed by atoms with van der Waals surface area (Å²) < 4.78 is 11.5. The Morgan fingerprint density at radius 2 is 1.59 bits per heavy atom. The van der Waals surface area contributed by atoms with Gasteiger partial charge in [0, 0.05) is 18.3 Å². The van der Waals surface area contributed by atoms with Crippen LogP contribution in [0, 0.1) is 0 Å². The summed E-state index contributed by atoms with van der Waals surface area (Å²) in [6, 6.07) is 24.1. The van der Waals surface area contributed by atoms with Crippen LogP contribution in [0.15, 0.2) is 72.8 Å². The Balaban J connectivity index is 1.57. The summed E-state index contributed by atoms with van der Waals surface area (Å²) in [6.45, 7) is 7.38. The van der Waals surface area contributed by atoms with Gasteiger partial charge in [0.15, 0.2) is 18.1 Å². The maximum Gasteiger partial charge on any atom is 0.262 e. The highest BCUT2D eigenvalue weighted by molar-refractivity contribution is 5.91. The lowest BCUT2D eigenvalue weighted by atomic mass is 10.0. The minimum atomic E-state index is -0.215. The number of aryl methyl sites for hydroxylation is 1. The van der Waals surface area contributed by atoms with Crippen molar-refractivity contribution >= 4 is 11.6 Å². The lowest BCUT2D eigenvalue weighted by molar-refractivity contribution is -0.118. The molecule has 0 bridgehead atoms. The molecule has 0 heterocycles. The average molecular weight is 433 g/mol. The van der Waals surface area contributed by atoms with E-state index in [1.54, 1.807) is 0 Å². The Labute approximate surface area is 190 Å². The van der Waals surface area contributed by atoms with Crippen LogP contribution < -0.4 is 20.1 Å². The number of amides is 1. The van der Waals surface area contributed by atoms with E-state index < -0.39 is 0 Å². The van der Waals surface area contributed by atoms with Crippen LogP contribution in [0.1, 0.15) is 43.5 Å². The second kappa shape index (κ2) is 11.9. The van der Waals surface area contributed by atoms with E-state index in [2.05, 4.69) is 48.7 Å². The van der Waals surface area contributed by atoms with Gasteiger partial charge in [-0.3, -0.25) is 4.79 Å². The minimum absolute atomic E-state index is 0.0860. The van der Waals surface area contributed by atoms with Gasteiger partial charge in [-0.05, 0) is 61.2 Å². The second-order valence-electron chi connectivity index (χ2n) is 7.61. The van der Waals surface area contributed by atoms with Crippen LogP contribution in [-0.2, 0) is 17.8 Å². The van der Waals surface area contributed by atoms with E-state index in [9.17, 15) is 4.79 Å². The van der Waals surface area contributed by atoms with Gasteiger partial charge in [-0.15, -0.1) is 0 Å². The Hall–Kier alpha value is -3.31. The van der Waals surface area contributed by atoms with Crippen LogP contribution in [-0.4, -0.2) is 19.1 Å². The SMILES string of the molecule is CCOc1cc(CNC(C)c2ccc(CC)cc2)ccc1OCC(=O)Nc1ccccc1. The number of hydrogen-bond acceptors (Lipinski definition) is 4. The fourth-order valence-corrected chi connectivity index (χ4v) is 3.34. The largest absolute Gasteiger partial charge is 0.490 e. The van der Waals surface area contributed by atoms with Gasteiger partial charge in [0.25, 0.3) is 5.91 Å². The van der Waals surface area contributed by atoms with E-state index in [1.807, 2.05) is 55.5 Å². The average Bonchev–Trinajstić information content (AvgIpc) is 2.83. The number of benzene rings is 3. The molecule has 0 radical (unpaired) electrons. The van der Waals surface area contributed by atoms with Gasteiger partial charge in [-0.25, -0.2) is 0 Å². The molecule has 0 saturated heterocycles. The molecule has 2 N–H and O–H groups in total. The highest BCUT2D eigenvalue weighted by atomic mass is 16.5. The van der Waals surface area contributed by atoms with Gasteiger partial charge in [-0.1, -0.05) is 55.5 Å². The van der Waals surface area contributed by atoms with Crippen LogP contribution in [0.3, 0.4) is 0 Å². The zero-order chi connectivity index (χ0) is 22.8. The molecule has 32 heavy (non-hydrogen) atoms. The van der Waals surface area contributed by atoms with Crippen molar-refractivity contribution in [2.45, 2.75) is 39.8 Å². The molecule has 0 aliphatic carbocycles. The predicted molar refractivity (Wildman–Crippen MR) is 129 cm³/mol. The molecule has 5 heteroatoms. The molecule has 0 saturated carbocycles. The lowest BCUT2D eigenvalue weighted by Gasteiger charge is -2.17. The number of para-hydroxylation sites is 1. The lowest BCUT2D eigenvalue weighted by Crippen LogP contribution is -2.20. The number of carbonyl (C=O) groups is 1. The van der Waals surface area contributed by atoms with Crippen molar-refractivity contribution < 1.29 is 14.3 Å². The molecule has 0 fully saturated rings. The van der Waals surface area contributed by atoms with E-state index in [0.29, 0.717) is 24.7 Å². The van der Waals surface area contributed by atoms with Crippen LogP contribution in [0.4, 0.5) is 5.69 Å². The van der Waals surface area contributed by atoms with Gasteiger partial charge >= 0.3 is 0 Å². The Morgan fingerprint density at radius 1 is 0.875 bits per heavy atom. The zero-order valence-corrected chi connectivity index (χ0v) is 19.1. The van der Waals surface area contributed by atoms with Gasteiger partial charge < -0.3 is 20.1 Å². The minimum Gasteiger partial charge on any atom is -0.490 e. The molecular formula is C27H32N2O3. The van der Waals surface area contributed by atoms with Gasteiger partial charge in [0.05, 0.1) is 6.61 Å². The first-order chi connectivity index (χ1) is 15.6. The smallest absolute Gasteiger partial charge is 0.262 e. The van der Waals surface area contributed by atoms with Crippen LogP contribution in [0.5, 0.6) is 11.5 Å². The number of anilines is 1. The topological polar surface area (TPSA) is 59.6 Å². The molecule has 5 nitrogen and oxygen atoms in total. The third-order valence-electron chi connectivity index (χ3n) is 5.22. The molecule has 1 amide bonds. The molecule has 0 aliphatic rings. The molecule has 0 aliphatic heterocycles. The summed E-state index contributed by atoms with van der Waals surface area (Å²) >= 11 is 0. The van der Waals surface area contributed by atoms with Crippen molar-refractivity contribution in [2.24, 2.45) is 0 Å². The van der Waals surface area contributed by atoms with Gasteiger partial charge in [0.1, 0.15) is 0 Å². The van der Waals surface area contributed by atoms with Crippen molar-refractivity contribution in [3.8, 4) is 11.5 Å². The summed E-state index contributed by atoms with van der Waals surface area (Å²) in [5.41, 5.74) is 4.43. The van der Waals surface area contributed by atoms with Crippen LogP contribution >= 0.6 is 0 Å². The van der Waals surface area contributed by atoms with E-state index in [4.69, 9.17) is 9.47 Å². The fourth-order valence-electron chi connectivity index (χ4n) is 3.34. The van der Waals surface area contributed by atoms with Crippen molar-refractivity contribution in [3.05, 3.63) is 89.5 Å². The molecule has 0 aromatic heterocycles. The molecule has 168 valence electrons. The monoisotopic (exact) mass is 432 g/mol.